The summed E-state index contributed by atoms with van der Waals surface area (Å²) in [6.07, 6.45) is 0. The van der Waals surface area contributed by atoms with Gasteiger partial charge in [-0.2, -0.15) is 0 Å². The van der Waals surface area contributed by atoms with Crippen LogP contribution < -0.4 is 0 Å². The highest BCUT2D eigenvalue weighted by molar-refractivity contribution is 7.82. The number of hydrogen-bond acceptors (Lipinski definition) is 3. The molecule has 1 fully saturated rings. The van der Waals surface area contributed by atoms with Crippen LogP contribution in [0.1, 0.15) is 20.8 Å². The van der Waals surface area contributed by atoms with Gasteiger partial charge in [-0.3, -0.25) is 4.90 Å². The van der Waals surface area contributed by atoms with Crippen molar-refractivity contribution < 1.29 is 0 Å². The lowest BCUT2D eigenvalue weighted by molar-refractivity contribution is 0.216. The van der Waals surface area contributed by atoms with Crippen LogP contribution in [0.3, 0.4) is 0 Å². The van der Waals surface area contributed by atoms with Crippen molar-refractivity contribution in [3.8, 4) is 0 Å². The van der Waals surface area contributed by atoms with E-state index in [0.29, 0.717) is 6.04 Å². The zero-order valence-corrected chi connectivity index (χ0v) is 9.53. The Labute approximate surface area is 85.3 Å². The number of nitrogens with zero attached hydrogens (tertiary/aromatic N) is 2. The maximum atomic E-state index is 5.27. The van der Waals surface area contributed by atoms with E-state index in [1.54, 1.807) is 0 Å². The molecule has 0 aromatic heterocycles. The van der Waals surface area contributed by atoms with E-state index < -0.39 is 0 Å². The lowest BCUT2D eigenvalue weighted by Gasteiger charge is -2.29. The minimum absolute atomic E-state index is 0.183. The van der Waals surface area contributed by atoms with Crippen LogP contribution in [0, 0.1) is 0 Å². The molecule has 0 N–H and O–H groups in total. The summed E-state index contributed by atoms with van der Waals surface area (Å²) in [6, 6.07) is 0.455. The second kappa shape index (κ2) is 3.94. The van der Waals surface area contributed by atoms with Gasteiger partial charge in [0.1, 0.15) is 5.50 Å². The topological polar surface area (TPSA) is 6.48 Å². The average molecular weight is 204 g/mol. The van der Waals surface area contributed by atoms with Gasteiger partial charge in [0.2, 0.25) is 0 Å². The standard InChI is InChI=1S/C8H16N2S2/c1-4-9-5-7(11)10(6(2)3)8(9)12/h6,8,12H,4-5H2,1-3H3. The monoisotopic (exact) mass is 204 g/mol. The molecule has 12 heavy (non-hydrogen) atoms. The zero-order valence-electron chi connectivity index (χ0n) is 7.82. The smallest absolute Gasteiger partial charge is 0.128 e. The van der Waals surface area contributed by atoms with E-state index in [-0.39, 0.29) is 5.50 Å². The van der Waals surface area contributed by atoms with E-state index in [1.807, 2.05) is 0 Å². The zero-order chi connectivity index (χ0) is 9.30. The van der Waals surface area contributed by atoms with Gasteiger partial charge in [0.15, 0.2) is 0 Å². The molecule has 0 radical (unpaired) electrons. The molecule has 1 saturated heterocycles. The summed E-state index contributed by atoms with van der Waals surface area (Å²) < 4.78 is 0. The van der Waals surface area contributed by atoms with Gasteiger partial charge in [-0.1, -0.05) is 19.1 Å². The summed E-state index contributed by atoms with van der Waals surface area (Å²) in [7, 11) is 0. The first-order valence-corrected chi connectivity index (χ1v) is 5.23. The molecule has 0 saturated carbocycles. The average Bonchev–Trinajstić information content (AvgIpc) is 2.25. The van der Waals surface area contributed by atoms with Gasteiger partial charge in [-0.05, 0) is 20.4 Å². The van der Waals surface area contributed by atoms with Gasteiger partial charge in [0.05, 0.1) is 11.5 Å². The fraction of sp³-hybridized carbons (Fsp3) is 0.875. The number of thiocarbonyl (C=S) groups is 1. The van der Waals surface area contributed by atoms with Gasteiger partial charge in [-0.25, -0.2) is 0 Å². The summed E-state index contributed by atoms with van der Waals surface area (Å²) in [6.45, 7) is 8.33. The number of thiol groups is 1. The van der Waals surface area contributed by atoms with E-state index in [0.717, 1.165) is 18.1 Å². The minimum Gasteiger partial charge on any atom is -0.338 e. The predicted octanol–water partition coefficient (Wildman–Crippen LogP) is 1.57. The van der Waals surface area contributed by atoms with Gasteiger partial charge in [-0.15, -0.1) is 12.6 Å². The van der Waals surface area contributed by atoms with Gasteiger partial charge in [0.25, 0.3) is 0 Å². The van der Waals surface area contributed by atoms with Crippen LogP contribution in [0.15, 0.2) is 0 Å². The molecular weight excluding hydrogens is 188 g/mol. The van der Waals surface area contributed by atoms with Gasteiger partial charge >= 0.3 is 0 Å². The van der Waals surface area contributed by atoms with E-state index >= 15 is 0 Å². The molecule has 0 amide bonds. The third-order valence-corrected chi connectivity index (χ3v) is 3.08. The van der Waals surface area contributed by atoms with Crippen molar-refractivity contribution in [2.75, 3.05) is 13.1 Å². The van der Waals surface area contributed by atoms with E-state index in [4.69, 9.17) is 12.2 Å². The Morgan fingerprint density at radius 1 is 1.67 bits per heavy atom. The van der Waals surface area contributed by atoms with E-state index in [9.17, 15) is 0 Å². The normalized spacial score (nSPS) is 25.9. The molecule has 1 rings (SSSR count). The first-order valence-electron chi connectivity index (χ1n) is 4.31. The molecule has 1 aliphatic heterocycles. The third-order valence-electron chi connectivity index (χ3n) is 2.16. The Kier molecular flexibility index (Phi) is 3.37. The summed E-state index contributed by atoms with van der Waals surface area (Å²) in [5.41, 5.74) is 0.183. The molecule has 1 aliphatic rings. The van der Waals surface area contributed by atoms with Crippen LogP contribution in [-0.2, 0) is 0 Å². The maximum absolute atomic E-state index is 5.27. The second-order valence-corrected chi connectivity index (χ2v) is 4.24. The van der Waals surface area contributed by atoms with Crippen molar-refractivity contribution in [3.05, 3.63) is 0 Å². The van der Waals surface area contributed by atoms with Crippen LogP contribution in [0.25, 0.3) is 0 Å². The van der Waals surface area contributed by atoms with E-state index in [2.05, 4.69) is 43.2 Å². The van der Waals surface area contributed by atoms with Crippen LogP contribution in [0.4, 0.5) is 0 Å². The van der Waals surface area contributed by atoms with Crippen molar-refractivity contribution in [2.45, 2.75) is 32.3 Å². The van der Waals surface area contributed by atoms with Crippen molar-refractivity contribution in [3.63, 3.8) is 0 Å². The molecule has 1 unspecified atom stereocenters. The molecule has 0 bridgehead atoms. The SMILES string of the molecule is CCN1CC(=S)N(C(C)C)C1S. The van der Waals surface area contributed by atoms with Gasteiger partial charge < -0.3 is 4.90 Å². The molecule has 1 atom stereocenters. The molecule has 2 nitrogen and oxygen atoms in total. The van der Waals surface area contributed by atoms with Crippen molar-refractivity contribution >= 4 is 29.8 Å². The third kappa shape index (κ3) is 1.75. The van der Waals surface area contributed by atoms with Crippen LogP contribution in [-0.4, -0.2) is 39.4 Å². The molecule has 1 heterocycles. The summed E-state index contributed by atoms with van der Waals surface area (Å²) >= 11 is 9.80. The Balaban J connectivity index is 2.70. The first kappa shape index (κ1) is 10.3. The Bertz CT molecular complexity index is 182. The van der Waals surface area contributed by atoms with Crippen molar-refractivity contribution in [1.29, 1.82) is 0 Å². The molecule has 70 valence electrons. The Morgan fingerprint density at radius 2 is 2.25 bits per heavy atom. The summed E-state index contributed by atoms with van der Waals surface area (Å²) in [4.78, 5) is 5.46. The molecule has 0 spiro atoms. The Morgan fingerprint density at radius 3 is 2.50 bits per heavy atom. The minimum atomic E-state index is 0.183. The molecule has 0 aromatic carbocycles. The van der Waals surface area contributed by atoms with Crippen LogP contribution in [0.5, 0.6) is 0 Å². The second-order valence-electron chi connectivity index (χ2n) is 3.30. The molecule has 4 heteroatoms. The quantitative estimate of drug-likeness (QED) is 0.539. The maximum Gasteiger partial charge on any atom is 0.128 e. The fourth-order valence-corrected chi connectivity index (χ4v) is 2.68. The van der Waals surface area contributed by atoms with E-state index in [1.165, 1.54) is 0 Å². The van der Waals surface area contributed by atoms with Crippen molar-refractivity contribution in [2.24, 2.45) is 0 Å². The molecular formula is C8H16N2S2. The summed E-state index contributed by atoms with van der Waals surface area (Å²) in [5.74, 6) is 0. The first-order chi connectivity index (χ1) is 5.57. The largest absolute Gasteiger partial charge is 0.338 e. The number of rotatable bonds is 2. The molecule has 0 aliphatic carbocycles. The highest BCUT2D eigenvalue weighted by Gasteiger charge is 2.32. The Hall–Kier alpha value is 0.200. The van der Waals surface area contributed by atoms with Crippen molar-refractivity contribution in [1.82, 2.24) is 9.80 Å². The lowest BCUT2D eigenvalue weighted by atomic mass is 10.3. The van der Waals surface area contributed by atoms with Crippen LogP contribution in [0.2, 0.25) is 0 Å². The summed E-state index contributed by atoms with van der Waals surface area (Å²) in [5, 5.41) is 0. The van der Waals surface area contributed by atoms with Crippen LogP contribution >= 0.6 is 24.8 Å². The highest BCUT2D eigenvalue weighted by Crippen LogP contribution is 2.21. The lowest BCUT2D eigenvalue weighted by Crippen LogP contribution is -2.39. The fourth-order valence-electron chi connectivity index (χ4n) is 1.47. The van der Waals surface area contributed by atoms with Gasteiger partial charge in [0, 0.05) is 6.04 Å². The number of likely N-dealkylation sites (N-methyl/N-ethyl adjacent to an activating group) is 1. The highest BCUT2D eigenvalue weighted by atomic mass is 32.1. The molecule has 0 aromatic rings. The number of hydrogen-bond donors (Lipinski definition) is 1. The predicted molar refractivity (Wildman–Crippen MR) is 59.6 cm³/mol.